The zero-order chi connectivity index (χ0) is 18.2. The molecular weight excluding hydrogens is 310 g/mol. The van der Waals surface area contributed by atoms with Crippen LogP contribution in [0.15, 0.2) is 48.5 Å². The summed E-state index contributed by atoms with van der Waals surface area (Å²) in [5, 5.41) is 0. The first-order chi connectivity index (χ1) is 11.8. The summed E-state index contributed by atoms with van der Waals surface area (Å²) in [5.74, 6) is 0.295. The first kappa shape index (κ1) is 17.3. The lowest BCUT2D eigenvalue weighted by Gasteiger charge is -2.43. The van der Waals surface area contributed by atoms with Crippen molar-refractivity contribution in [3.8, 4) is 5.75 Å². The molecule has 2 aromatic carbocycles. The van der Waals surface area contributed by atoms with Crippen LogP contribution in [0.5, 0.6) is 5.75 Å². The van der Waals surface area contributed by atoms with Gasteiger partial charge in [-0.25, -0.2) is 0 Å². The van der Waals surface area contributed by atoms with E-state index in [1.165, 1.54) is 29.3 Å². The monoisotopic (exact) mass is 335 g/mol. The van der Waals surface area contributed by atoms with Crippen molar-refractivity contribution >= 4 is 17.2 Å². The van der Waals surface area contributed by atoms with E-state index in [4.69, 9.17) is 4.74 Å². The van der Waals surface area contributed by atoms with Gasteiger partial charge in [-0.15, -0.1) is 0 Å². The minimum absolute atomic E-state index is 0.0935. The SMILES string of the molecule is CC(=O)Oc1ccc2c(c1)C(C)=CC(C)(C)N2Cc1cccc(C)c1. The number of allylic oxidation sites excluding steroid dienone is 1. The summed E-state index contributed by atoms with van der Waals surface area (Å²) in [6.07, 6.45) is 2.28. The molecule has 3 rings (SSSR count). The first-order valence-electron chi connectivity index (χ1n) is 8.62. The molecule has 130 valence electrons. The Morgan fingerprint density at radius 1 is 1.12 bits per heavy atom. The van der Waals surface area contributed by atoms with Gasteiger partial charge in [-0.1, -0.05) is 35.9 Å². The number of ether oxygens (including phenoxy) is 1. The summed E-state index contributed by atoms with van der Waals surface area (Å²) in [4.78, 5) is 13.7. The smallest absolute Gasteiger partial charge is 0.308 e. The number of carbonyl (C=O) groups is 1. The molecule has 0 saturated carbocycles. The molecule has 0 unspecified atom stereocenters. The number of carbonyl (C=O) groups excluding carboxylic acids is 1. The fourth-order valence-electron chi connectivity index (χ4n) is 3.57. The molecule has 0 radical (unpaired) electrons. The van der Waals surface area contributed by atoms with Crippen molar-refractivity contribution in [2.45, 2.75) is 46.7 Å². The van der Waals surface area contributed by atoms with E-state index in [-0.39, 0.29) is 11.5 Å². The largest absolute Gasteiger partial charge is 0.427 e. The second-order valence-corrected chi connectivity index (χ2v) is 7.33. The number of benzene rings is 2. The quantitative estimate of drug-likeness (QED) is 0.576. The fraction of sp³-hybridized carbons (Fsp3) is 0.318. The maximum Gasteiger partial charge on any atom is 0.308 e. The number of anilines is 1. The van der Waals surface area contributed by atoms with E-state index in [1.807, 2.05) is 12.1 Å². The molecule has 3 heteroatoms. The van der Waals surface area contributed by atoms with Gasteiger partial charge in [0, 0.05) is 24.7 Å². The summed E-state index contributed by atoms with van der Waals surface area (Å²) >= 11 is 0. The molecule has 0 spiro atoms. The lowest BCUT2D eigenvalue weighted by Crippen LogP contribution is -2.44. The van der Waals surface area contributed by atoms with Crippen LogP contribution in [0.2, 0.25) is 0 Å². The summed E-state index contributed by atoms with van der Waals surface area (Å²) < 4.78 is 5.27. The molecule has 0 amide bonds. The summed E-state index contributed by atoms with van der Waals surface area (Å²) in [6, 6.07) is 14.5. The molecule has 25 heavy (non-hydrogen) atoms. The zero-order valence-corrected chi connectivity index (χ0v) is 15.6. The van der Waals surface area contributed by atoms with Gasteiger partial charge >= 0.3 is 5.97 Å². The van der Waals surface area contributed by atoms with Gasteiger partial charge < -0.3 is 9.64 Å². The Morgan fingerprint density at radius 2 is 1.88 bits per heavy atom. The molecule has 0 aromatic heterocycles. The maximum atomic E-state index is 11.3. The fourth-order valence-corrected chi connectivity index (χ4v) is 3.57. The van der Waals surface area contributed by atoms with Gasteiger partial charge in [-0.05, 0) is 57.0 Å². The summed E-state index contributed by atoms with van der Waals surface area (Å²) in [5.41, 5.74) is 5.95. The summed E-state index contributed by atoms with van der Waals surface area (Å²) in [7, 11) is 0. The van der Waals surface area contributed by atoms with Crippen LogP contribution in [-0.4, -0.2) is 11.5 Å². The van der Waals surface area contributed by atoms with Gasteiger partial charge in [0.05, 0.1) is 5.54 Å². The van der Waals surface area contributed by atoms with E-state index < -0.39 is 0 Å². The molecule has 3 nitrogen and oxygen atoms in total. The van der Waals surface area contributed by atoms with Crippen molar-refractivity contribution in [1.82, 2.24) is 0 Å². The Hall–Kier alpha value is -2.55. The number of hydrogen-bond acceptors (Lipinski definition) is 3. The van der Waals surface area contributed by atoms with Crippen LogP contribution in [0.4, 0.5) is 5.69 Å². The van der Waals surface area contributed by atoms with Gasteiger partial charge in [0.15, 0.2) is 0 Å². The van der Waals surface area contributed by atoms with Crippen LogP contribution < -0.4 is 9.64 Å². The van der Waals surface area contributed by atoms with Crippen LogP contribution in [0.1, 0.15) is 44.4 Å². The molecule has 0 fully saturated rings. The molecule has 0 bridgehead atoms. The van der Waals surface area contributed by atoms with E-state index in [0.29, 0.717) is 5.75 Å². The van der Waals surface area contributed by atoms with E-state index in [9.17, 15) is 4.79 Å². The van der Waals surface area contributed by atoms with Gasteiger partial charge in [0.1, 0.15) is 5.75 Å². The third-order valence-corrected chi connectivity index (χ3v) is 4.63. The predicted molar refractivity (Wildman–Crippen MR) is 103 cm³/mol. The number of hydrogen-bond donors (Lipinski definition) is 0. The van der Waals surface area contributed by atoms with Gasteiger partial charge in [-0.3, -0.25) is 4.79 Å². The Kier molecular flexibility index (Phi) is 4.42. The third kappa shape index (κ3) is 3.60. The second-order valence-electron chi connectivity index (χ2n) is 7.33. The highest BCUT2D eigenvalue weighted by Gasteiger charge is 2.31. The highest BCUT2D eigenvalue weighted by atomic mass is 16.5. The Bertz CT molecular complexity index is 849. The van der Waals surface area contributed by atoms with E-state index in [0.717, 1.165) is 12.1 Å². The normalized spacial score (nSPS) is 15.4. The minimum atomic E-state index is -0.297. The Balaban J connectivity index is 2.03. The van der Waals surface area contributed by atoms with Crippen LogP contribution in [-0.2, 0) is 11.3 Å². The van der Waals surface area contributed by atoms with Crippen molar-refractivity contribution in [1.29, 1.82) is 0 Å². The van der Waals surface area contributed by atoms with E-state index in [1.54, 1.807) is 0 Å². The molecular formula is C22H25NO2. The van der Waals surface area contributed by atoms with Crippen LogP contribution in [0.3, 0.4) is 0 Å². The first-order valence-corrected chi connectivity index (χ1v) is 8.62. The average molecular weight is 335 g/mol. The molecule has 1 aliphatic rings. The lowest BCUT2D eigenvalue weighted by atomic mass is 9.88. The molecule has 1 aliphatic heterocycles. The molecule has 0 saturated heterocycles. The minimum Gasteiger partial charge on any atom is -0.427 e. The number of fused-ring (bicyclic) bond motifs is 1. The van der Waals surface area contributed by atoms with Crippen LogP contribution >= 0.6 is 0 Å². The molecule has 0 atom stereocenters. The van der Waals surface area contributed by atoms with Crippen molar-refractivity contribution in [2.75, 3.05) is 4.90 Å². The van der Waals surface area contributed by atoms with Crippen molar-refractivity contribution in [3.05, 3.63) is 65.2 Å². The van der Waals surface area contributed by atoms with Crippen molar-refractivity contribution in [2.24, 2.45) is 0 Å². The highest BCUT2D eigenvalue weighted by molar-refractivity contribution is 5.82. The van der Waals surface area contributed by atoms with Gasteiger partial charge in [0.25, 0.3) is 0 Å². The van der Waals surface area contributed by atoms with Gasteiger partial charge in [0.2, 0.25) is 0 Å². The van der Waals surface area contributed by atoms with Crippen molar-refractivity contribution in [3.63, 3.8) is 0 Å². The lowest BCUT2D eigenvalue weighted by molar-refractivity contribution is -0.131. The topological polar surface area (TPSA) is 29.5 Å². The number of rotatable bonds is 3. The van der Waals surface area contributed by atoms with Crippen LogP contribution in [0.25, 0.3) is 5.57 Å². The summed E-state index contributed by atoms with van der Waals surface area (Å²) in [6.45, 7) is 11.0. The molecule has 0 N–H and O–H groups in total. The molecule has 1 heterocycles. The predicted octanol–water partition coefficient (Wildman–Crippen LogP) is 5.12. The Labute approximate surface area is 149 Å². The zero-order valence-electron chi connectivity index (χ0n) is 15.6. The highest BCUT2D eigenvalue weighted by Crippen LogP contribution is 2.41. The number of aryl methyl sites for hydroxylation is 1. The second kappa shape index (κ2) is 6.40. The number of esters is 1. The molecule has 0 aliphatic carbocycles. The third-order valence-electron chi connectivity index (χ3n) is 4.63. The Morgan fingerprint density at radius 3 is 2.56 bits per heavy atom. The molecule has 2 aromatic rings. The van der Waals surface area contributed by atoms with Crippen LogP contribution in [0, 0.1) is 6.92 Å². The van der Waals surface area contributed by atoms with Crippen molar-refractivity contribution < 1.29 is 9.53 Å². The maximum absolute atomic E-state index is 11.3. The number of nitrogens with zero attached hydrogens (tertiary/aromatic N) is 1. The standard InChI is InChI=1S/C22H25NO2/c1-15-7-6-8-18(11-15)14-23-21-10-9-19(25-17(3)24)12-20(21)16(2)13-22(23,4)5/h6-13H,14H2,1-5H3. The van der Waals surface area contributed by atoms with E-state index in [2.05, 4.69) is 69.0 Å². The average Bonchev–Trinajstić information content (AvgIpc) is 2.51. The van der Waals surface area contributed by atoms with Gasteiger partial charge in [-0.2, -0.15) is 0 Å². The van der Waals surface area contributed by atoms with E-state index >= 15 is 0 Å².